The van der Waals surface area contributed by atoms with Crippen molar-refractivity contribution in [2.45, 2.75) is 30.7 Å². The van der Waals surface area contributed by atoms with Gasteiger partial charge in [-0.3, -0.25) is 4.79 Å². The number of rotatable bonds is 5. The Kier molecular flexibility index (Phi) is 6.11. The van der Waals surface area contributed by atoms with E-state index in [9.17, 15) is 18.0 Å². The summed E-state index contributed by atoms with van der Waals surface area (Å²) in [6.45, 7) is 4.99. The molecular weight excluding hydrogens is 384 g/mol. The van der Waals surface area contributed by atoms with Gasteiger partial charge in [-0.05, 0) is 32.9 Å². The number of amides is 1. The maximum absolute atomic E-state index is 13.2. The Morgan fingerprint density at radius 1 is 1.14 bits per heavy atom. The number of nitrogens with zero attached hydrogens (tertiary/aromatic N) is 4. The molecule has 2 fully saturated rings. The van der Waals surface area contributed by atoms with Crippen molar-refractivity contribution in [2.75, 3.05) is 46.4 Å². The molecule has 28 heavy (non-hydrogen) atoms. The molecule has 156 valence electrons. The number of aromatic nitrogens is 1. The SMILES string of the molecule is CCOC(=O)c1cc(S(=O)(=O)N2CCCC2C(=O)N2CCN(C)CC2)cn1C. The summed E-state index contributed by atoms with van der Waals surface area (Å²) in [4.78, 5) is 28.9. The lowest BCUT2D eigenvalue weighted by molar-refractivity contribution is -0.136. The predicted octanol–water partition coefficient (Wildman–Crippen LogP) is 0.129. The average Bonchev–Trinajstić information content (AvgIpc) is 3.29. The highest BCUT2D eigenvalue weighted by Gasteiger charge is 2.42. The highest BCUT2D eigenvalue weighted by Crippen LogP contribution is 2.28. The van der Waals surface area contributed by atoms with Gasteiger partial charge in [0.15, 0.2) is 0 Å². The van der Waals surface area contributed by atoms with Gasteiger partial charge in [0.2, 0.25) is 15.9 Å². The van der Waals surface area contributed by atoms with Crippen LogP contribution in [0.4, 0.5) is 0 Å². The zero-order valence-electron chi connectivity index (χ0n) is 16.6. The fraction of sp³-hybridized carbons (Fsp3) is 0.667. The molecule has 1 aromatic heterocycles. The van der Waals surface area contributed by atoms with Crippen molar-refractivity contribution in [1.82, 2.24) is 18.7 Å². The second-order valence-corrected chi connectivity index (χ2v) is 9.19. The number of ether oxygens (including phenoxy) is 1. The van der Waals surface area contributed by atoms with Crippen LogP contribution in [0.3, 0.4) is 0 Å². The minimum Gasteiger partial charge on any atom is -0.461 e. The number of esters is 1. The minimum atomic E-state index is -3.89. The van der Waals surface area contributed by atoms with Gasteiger partial charge in [-0.2, -0.15) is 4.31 Å². The highest BCUT2D eigenvalue weighted by molar-refractivity contribution is 7.89. The maximum Gasteiger partial charge on any atom is 0.354 e. The molecule has 3 rings (SSSR count). The second-order valence-electron chi connectivity index (χ2n) is 7.29. The first kappa shape index (κ1) is 20.8. The molecule has 0 spiro atoms. The average molecular weight is 413 g/mol. The minimum absolute atomic E-state index is 0.0103. The van der Waals surface area contributed by atoms with Gasteiger partial charge in [0.05, 0.1) is 6.61 Å². The number of aryl methyl sites for hydroxylation is 1. The lowest BCUT2D eigenvalue weighted by Gasteiger charge is -2.35. The molecule has 1 atom stereocenters. The Morgan fingerprint density at radius 2 is 1.82 bits per heavy atom. The van der Waals surface area contributed by atoms with Crippen LogP contribution < -0.4 is 0 Å². The number of sulfonamides is 1. The van der Waals surface area contributed by atoms with Gasteiger partial charge in [0, 0.05) is 46.0 Å². The van der Waals surface area contributed by atoms with E-state index in [0.29, 0.717) is 32.5 Å². The van der Waals surface area contributed by atoms with Crippen LogP contribution in [-0.4, -0.2) is 91.4 Å². The zero-order chi connectivity index (χ0) is 20.5. The fourth-order valence-corrected chi connectivity index (χ4v) is 5.45. The highest BCUT2D eigenvalue weighted by atomic mass is 32.2. The topological polar surface area (TPSA) is 92.2 Å². The maximum atomic E-state index is 13.2. The van der Waals surface area contributed by atoms with Gasteiger partial charge in [0.25, 0.3) is 0 Å². The molecule has 9 nitrogen and oxygen atoms in total. The summed E-state index contributed by atoms with van der Waals surface area (Å²) >= 11 is 0. The van der Waals surface area contributed by atoms with Crippen LogP contribution >= 0.6 is 0 Å². The van der Waals surface area contributed by atoms with E-state index in [1.807, 2.05) is 7.05 Å². The van der Waals surface area contributed by atoms with Crippen molar-refractivity contribution in [3.63, 3.8) is 0 Å². The zero-order valence-corrected chi connectivity index (χ0v) is 17.4. The van der Waals surface area contributed by atoms with Crippen molar-refractivity contribution in [2.24, 2.45) is 7.05 Å². The van der Waals surface area contributed by atoms with Crippen LogP contribution in [0.2, 0.25) is 0 Å². The summed E-state index contributed by atoms with van der Waals surface area (Å²) in [6, 6.07) is 0.642. The van der Waals surface area contributed by atoms with Crippen molar-refractivity contribution >= 4 is 21.9 Å². The molecule has 1 unspecified atom stereocenters. The van der Waals surface area contributed by atoms with E-state index in [4.69, 9.17) is 4.74 Å². The van der Waals surface area contributed by atoms with Crippen molar-refractivity contribution < 1.29 is 22.7 Å². The van der Waals surface area contributed by atoms with Gasteiger partial charge >= 0.3 is 5.97 Å². The van der Waals surface area contributed by atoms with E-state index in [1.165, 1.54) is 21.1 Å². The molecule has 2 aliphatic heterocycles. The van der Waals surface area contributed by atoms with Crippen molar-refractivity contribution in [3.8, 4) is 0 Å². The third-order valence-corrected chi connectivity index (χ3v) is 7.25. The Hall–Kier alpha value is -1.91. The lowest BCUT2D eigenvalue weighted by atomic mass is 10.2. The molecule has 0 radical (unpaired) electrons. The summed E-state index contributed by atoms with van der Waals surface area (Å²) in [6.07, 6.45) is 2.56. The third-order valence-electron chi connectivity index (χ3n) is 5.37. The van der Waals surface area contributed by atoms with E-state index in [0.717, 1.165) is 13.1 Å². The molecule has 0 N–H and O–H groups in total. The quantitative estimate of drug-likeness (QED) is 0.639. The van der Waals surface area contributed by atoms with E-state index < -0.39 is 22.0 Å². The molecule has 0 aliphatic carbocycles. The molecule has 10 heteroatoms. The largest absolute Gasteiger partial charge is 0.461 e. The van der Waals surface area contributed by atoms with E-state index in [-0.39, 0.29) is 23.1 Å². The smallest absolute Gasteiger partial charge is 0.354 e. The Bertz CT molecular complexity index is 842. The van der Waals surface area contributed by atoms with Crippen LogP contribution in [0.5, 0.6) is 0 Å². The van der Waals surface area contributed by atoms with Crippen LogP contribution in [0, 0.1) is 0 Å². The monoisotopic (exact) mass is 412 g/mol. The fourth-order valence-electron chi connectivity index (χ4n) is 3.73. The van der Waals surface area contributed by atoms with Gasteiger partial charge in [-0.25, -0.2) is 13.2 Å². The van der Waals surface area contributed by atoms with E-state index >= 15 is 0 Å². The number of hydrogen-bond acceptors (Lipinski definition) is 6. The molecule has 2 saturated heterocycles. The summed E-state index contributed by atoms with van der Waals surface area (Å²) in [7, 11) is -0.282. The van der Waals surface area contributed by atoms with Crippen molar-refractivity contribution in [1.29, 1.82) is 0 Å². The molecule has 1 amide bonds. The number of carbonyl (C=O) groups is 2. The van der Waals surface area contributed by atoms with E-state index in [2.05, 4.69) is 4.90 Å². The summed E-state index contributed by atoms with van der Waals surface area (Å²) in [5.74, 6) is -0.700. The first-order valence-corrected chi connectivity index (χ1v) is 11.0. The van der Waals surface area contributed by atoms with E-state index in [1.54, 1.807) is 18.9 Å². The molecule has 1 aromatic rings. The van der Waals surface area contributed by atoms with Gasteiger partial charge < -0.3 is 19.1 Å². The normalized spacial score (nSPS) is 21.8. The van der Waals surface area contributed by atoms with Gasteiger partial charge in [-0.15, -0.1) is 0 Å². The van der Waals surface area contributed by atoms with Gasteiger partial charge in [0.1, 0.15) is 16.6 Å². The molecule has 2 aliphatic rings. The molecule has 0 saturated carbocycles. The second kappa shape index (κ2) is 8.22. The molecule has 0 aromatic carbocycles. The summed E-state index contributed by atoms with van der Waals surface area (Å²) < 4.78 is 34.1. The summed E-state index contributed by atoms with van der Waals surface area (Å²) in [5.41, 5.74) is 0.168. The Balaban J connectivity index is 1.82. The Morgan fingerprint density at radius 3 is 2.46 bits per heavy atom. The standard InChI is InChI=1S/C18H28N4O5S/c1-4-27-18(24)16-12-14(13-20(16)3)28(25,26)22-7-5-6-15(22)17(23)21-10-8-19(2)9-11-21/h12-13,15H,4-11H2,1-3H3. The van der Waals surface area contributed by atoms with Crippen molar-refractivity contribution in [3.05, 3.63) is 18.0 Å². The lowest BCUT2D eigenvalue weighted by Crippen LogP contribution is -2.53. The molecule has 3 heterocycles. The van der Waals surface area contributed by atoms with Crippen LogP contribution in [0.15, 0.2) is 17.2 Å². The first-order valence-electron chi connectivity index (χ1n) is 9.58. The number of carbonyl (C=O) groups excluding carboxylic acids is 2. The third kappa shape index (κ3) is 3.94. The Labute approximate surface area is 165 Å². The van der Waals surface area contributed by atoms with Crippen LogP contribution in [0.25, 0.3) is 0 Å². The van der Waals surface area contributed by atoms with Crippen LogP contribution in [0.1, 0.15) is 30.3 Å². The van der Waals surface area contributed by atoms with Gasteiger partial charge in [-0.1, -0.05) is 0 Å². The number of hydrogen-bond donors (Lipinski definition) is 0. The predicted molar refractivity (Wildman–Crippen MR) is 102 cm³/mol. The van der Waals surface area contributed by atoms with Crippen LogP contribution in [-0.2, 0) is 26.6 Å². The first-order chi connectivity index (χ1) is 13.3. The summed E-state index contributed by atoms with van der Waals surface area (Å²) in [5, 5.41) is 0. The number of piperazine rings is 1. The molecule has 0 bridgehead atoms. The number of likely N-dealkylation sites (N-methyl/N-ethyl adjacent to an activating group) is 1. The molecular formula is C18H28N4O5S.